The molecule has 2 aromatic rings. The lowest BCUT2D eigenvalue weighted by atomic mass is 10.1. The van der Waals surface area contributed by atoms with Crippen LogP contribution in [0.1, 0.15) is 11.4 Å². The summed E-state index contributed by atoms with van der Waals surface area (Å²) < 4.78 is 0. The van der Waals surface area contributed by atoms with Crippen LogP contribution in [-0.2, 0) is 12.8 Å². The summed E-state index contributed by atoms with van der Waals surface area (Å²) in [6.07, 6.45) is 5.55. The van der Waals surface area contributed by atoms with Gasteiger partial charge >= 0.3 is 0 Å². The first kappa shape index (κ1) is 9.28. The number of H-pyrrole nitrogens is 1. The molecule has 0 aliphatic rings. The number of aromatic amines is 1. The summed E-state index contributed by atoms with van der Waals surface area (Å²) in [6, 6.07) is 7.93. The van der Waals surface area contributed by atoms with Crippen molar-refractivity contribution < 1.29 is 0 Å². The fraction of sp³-hybridized carbons (Fsp3) is 0.182. The fourth-order valence-corrected chi connectivity index (χ4v) is 1.47. The molecule has 1 aromatic carbocycles. The Morgan fingerprint density at radius 2 is 1.93 bits per heavy atom. The maximum absolute atomic E-state index is 5.79. The van der Waals surface area contributed by atoms with Crippen LogP contribution in [-0.4, -0.2) is 9.97 Å². The second-order valence-electron chi connectivity index (χ2n) is 3.16. The number of benzene rings is 1. The van der Waals surface area contributed by atoms with Crippen LogP contribution in [0.3, 0.4) is 0 Å². The van der Waals surface area contributed by atoms with E-state index in [0.717, 1.165) is 23.7 Å². The van der Waals surface area contributed by atoms with Gasteiger partial charge in [-0.25, -0.2) is 4.98 Å². The number of halogens is 1. The van der Waals surface area contributed by atoms with Crippen molar-refractivity contribution in [3.8, 4) is 0 Å². The highest BCUT2D eigenvalue weighted by Crippen LogP contribution is 2.10. The lowest BCUT2D eigenvalue weighted by molar-refractivity contribution is 0.884. The molecule has 0 radical (unpaired) electrons. The first-order valence-corrected chi connectivity index (χ1v) is 4.95. The van der Waals surface area contributed by atoms with Gasteiger partial charge in [-0.05, 0) is 24.1 Å². The number of hydrogen-bond donors (Lipinski definition) is 1. The summed E-state index contributed by atoms with van der Waals surface area (Å²) in [5.74, 6) is 1.03. The molecular weight excluding hydrogens is 196 g/mol. The third-order valence-corrected chi connectivity index (χ3v) is 2.37. The van der Waals surface area contributed by atoms with E-state index < -0.39 is 0 Å². The maximum atomic E-state index is 5.79. The number of aryl methyl sites for hydroxylation is 2. The van der Waals surface area contributed by atoms with Crippen LogP contribution < -0.4 is 0 Å². The Bertz CT molecular complexity index is 378. The molecule has 0 saturated carbocycles. The molecule has 72 valence electrons. The number of imidazole rings is 1. The number of aromatic nitrogens is 2. The summed E-state index contributed by atoms with van der Waals surface area (Å²) in [5.41, 5.74) is 1.28. The molecule has 2 nitrogen and oxygen atoms in total. The first-order valence-electron chi connectivity index (χ1n) is 4.57. The van der Waals surface area contributed by atoms with Gasteiger partial charge in [-0.2, -0.15) is 0 Å². The normalized spacial score (nSPS) is 10.4. The second kappa shape index (κ2) is 4.29. The molecule has 0 saturated heterocycles. The minimum absolute atomic E-state index is 0.784. The maximum Gasteiger partial charge on any atom is 0.106 e. The highest BCUT2D eigenvalue weighted by Gasteiger charge is 1.96. The van der Waals surface area contributed by atoms with E-state index in [0.29, 0.717) is 0 Å². The molecule has 0 unspecified atom stereocenters. The van der Waals surface area contributed by atoms with Gasteiger partial charge in [-0.1, -0.05) is 23.7 Å². The van der Waals surface area contributed by atoms with Gasteiger partial charge in [-0.15, -0.1) is 0 Å². The van der Waals surface area contributed by atoms with Crippen molar-refractivity contribution in [1.82, 2.24) is 9.97 Å². The van der Waals surface area contributed by atoms with Crippen LogP contribution in [0.2, 0.25) is 5.02 Å². The van der Waals surface area contributed by atoms with E-state index in [1.54, 1.807) is 6.20 Å². The predicted octanol–water partition coefficient (Wildman–Crippen LogP) is 2.85. The van der Waals surface area contributed by atoms with Crippen molar-refractivity contribution >= 4 is 11.6 Å². The van der Waals surface area contributed by atoms with Crippen molar-refractivity contribution in [3.05, 3.63) is 53.1 Å². The van der Waals surface area contributed by atoms with Gasteiger partial charge in [0.2, 0.25) is 0 Å². The minimum Gasteiger partial charge on any atom is -0.349 e. The average Bonchev–Trinajstić information content (AvgIpc) is 2.70. The van der Waals surface area contributed by atoms with E-state index in [1.165, 1.54) is 5.56 Å². The van der Waals surface area contributed by atoms with E-state index in [-0.39, 0.29) is 0 Å². The standard InChI is InChI=1S/C11H11ClN2/c12-10-4-1-9(2-5-10)3-6-11-13-7-8-14-11/h1-2,4-5,7-8H,3,6H2,(H,13,14). The Kier molecular flexibility index (Phi) is 2.84. The second-order valence-corrected chi connectivity index (χ2v) is 3.60. The number of nitrogens with zero attached hydrogens (tertiary/aromatic N) is 1. The zero-order chi connectivity index (χ0) is 9.80. The van der Waals surface area contributed by atoms with Crippen LogP contribution in [0.5, 0.6) is 0 Å². The topological polar surface area (TPSA) is 28.7 Å². The Morgan fingerprint density at radius 3 is 2.57 bits per heavy atom. The molecule has 0 fully saturated rings. The molecule has 3 heteroatoms. The van der Waals surface area contributed by atoms with Gasteiger partial charge in [0.1, 0.15) is 5.82 Å². The van der Waals surface area contributed by atoms with Gasteiger partial charge in [0, 0.05) is 23.8 Å². The molecule has 14 heavy (non-hydrogen) atoms. The molecule has 1 aromatic heterocycles. The Morgan fingerprint density at radius 1 is 1.14 bits per heavy atom. The van der Waals surface area contributed by atoms with Crippen LogP contribution in [0, 0.1) is 0 Å². The monoisotopic (exact) mass is 206 g/mol. The highest BCUT2D eigenvalue weighted by atomic mass is 35.5. The van der Waals surface area contributed by atoms with Crippen molar-refractivity contribution in [2.45, 2.75) is 12.8 Å². The Balaban J connectivity index is 1.95. The molecule has 0 bridgehead atoms. The van der Waals surface area contributed by atoms with E-state index >= 15 is 0 Å². The third kappa shape index (κ3) is 2.36. The Hall–Kier alpha value is -1.28. The molecule has 0 aliphatic heterocycles. The van der Waals surface area contributed by atoms with E-state index in [4.69, 9.17) is 11.6 Å². The molecule has 1 heterocycles. The van der Waals surface area contributed by atoms with Crippen LogP contribution in [0.4, 0.5) is 0 Å². The summed E-state index contributed by atoms with van der Waals surface area (Å²) in [4.78, 5) is 7.25. The summed E-state index contributed by atoms with van der Waals surface area (Å²) in [5, 5.41) is 0.784. The van der Waals surface area contributed by atoms with Crippen LogP contribution in [0.25, 0.3) is 0 Å². The van der Waals surface area contributed by atoms with E-state index in [9.17, 15) is 0 Å². The summed E-state index contributed by atoms with van der Waals surface area (Å²) in [7, 11) is 0. The summed E-state index contributed by atoms with van der Waals surface area (Å²) >= 11 is 5.79. The number of nitrogens with one attached hydrogen (secondary N) is 1. The number of rotatable bonds is 3. The molecule has 1 N–H and O–H groups in total. The fourth-order valence-electron chi connectivity index (χ4n) is 1.35. The van der Waals surface area contributed by atoms with Gasteiger partial charge in [-0.3, -0.25) is 0 Å². The van der Waals surface area contributed by atoms with Crippen LogP contribution in [0.15, 0.2) is 36.7 Å². The largest absolute Gasteiger partial charge is 0.349 e. The van der Waals surface area contributed by atoms with Crippen molar-refractivity contribution in [2.24, 2.45) is 0 Å². The quantitative estimate of drug-likeness (QED) is 0.822. The van der Waals surface area contributed by atoms with Crippen molar-refractivity contribution in [1.29, 1.82) is 0 Å². The summed E-state index contributed by atoms with van der Waals surface area (Å²) in [6.45, 7) is 0. The molecule has 0 atom stereocenters. The van der Waals surface area contributed by atoms with Gasteiger partial charge < -0.3 is 4.98 Å². The van der Waals surface area contributed by atoms with Gasteiger partial charge in [0.15, 0.2) is 0 Å². The highest BCUT2D eigenvalue weighted by molar-refractivity contribution is 6.30. The molecule has 0 amide bonds. The lowest BCUT2D eigenvalue weighted by Gasteiger charge is -1.99. The zero-order valence-electron chi connectivity index (χ0n) is 7.70. The first-order chi connectivity index (χ1) is 6.84. The smallest absolute Gasteiger partial charge is 0.106 e. The zero-order valence-corrected chi connectivity index (χ0v) is 8.46. The Labute approximate surface area is 88.0 Å². The average molecular weight is 207 g/mol. The minimum atomic E-state index is 0.784. The van der Waals surface area contributed by atoms with Crippen molar-refractivity contribution in [3.63, 3.8) is 0 Å². The number of hydrogen-bond acceptors (Lipinski definition) is 1. The molecule has 0 spiro atoms. The lowest BCUT2D eigenvalue weighted by Crippen LogP contribution is -1.92. The predicted molar refractivity (Wildman–Crippen MR) is 57.4 cm³/mol. The van der Waals surface area contributed by atoms with Gasteiger partial charge in [0.25, 0.3) is 0 Å². The third-order valence-electron chi connectivity index (χ3n) is 2.12. The molecular formula is C11H11ClN2. The molecule has 2 rings (SSSR count). The molecule has 0 aliphatic carbocycles. The van der Waals surface area contributed by atoms with E-state index in [2.05, 4.69) is 9.97 Å². The van der Waals surface area contributed by atoms with E-state index in [1.807, 2.05) is 30.5 Å². The van der Waals surface area contributed by atoms with Crippen LogP contribution >= 0.6 is 11.6 Å². The SMILES string of the molecule is Clc1ccc(CCc2ncc[nH]2)cc1. The van der Waals surface area contributed by atoms with Crippen molar-refractivity contribution in [2.75, 3.05) is 0 Å². The van der Waals surface area contributed by atoms with Gasteiger partial charge in [0.05, 0.1) is 0 Å².